The van der Waals surface area contributed by atoms with E-state index in [2.05, 4.69) is 279 Å². The summed E-state index contributed by atoms with van der Waals surface area (Å²) in [5.74, 6) is 0. The first-order valence-corrected chi connectivity index (χ1v) is 25.8. The molecule has 0 aliphatic heterocycles. The van der Waals surface area contributed by atoms with E-state index in [0.29, 0.717) is 0 Å². The van der Waals surface area contributed by atoms with Crippen molar-refractivity contribution >= 4 is 43.9 Å². The standard InChI is InChI=1S/C73H46O2/c1-5-17-47(18-6-1)53-33-39-69-63(41-53)65-45-55(49-21-9-3-10-22-49)43-61(71(65)74-69)51-29-35-57(36-30-51)73(67-27-15-13-25-59(67)60-26-14-16-28-68(60)73)58-37-31-52(32-38-58)62-44-56(50-23-11-4-12-24-50)46-66-64-42-54(48-19-7-2-8-20-48)34-40-70(64)75-72(62)66/h1-46H. The largest absolute Gasteiger partial charge is 0.455 e. The third-order valence-corrected chi connectivity index (χ3v) is 15.8. The molecule has 0 unspecified atom stereocenters. The van der Waals surface area contributed by atoms with Crippen LogP contribution in [-0.2, 0) is 5.41 Å². The number of hydrogen-bond acceptors (Lipinski definition) is 2. The topological polar surface area (TPSA) is 26.3 Å². The monoisotopic (exact) mass is 954 g/mol. The minimum Gasteiger partial charge on any atom is -0.455 e. The lowest BCUT2D eigenvalue weighted by Crippen LogP contribution is -2.28. The molecule has 0 amide bonds. The molecule has 2 heteroatoms. The van der Waals surface area contributed by atoms with Crippen molar-refractivity contribution in [2.24, 2.45) is 0 Å². The van der Waals surface area contributed by atoms with E-state index in [9.17, 15) is 0 Å². The summed E-state index contributed by atoms with van der Waals surface area (Å²) in [6.45, 7) is 0. The molecule has 0 saturated carbocycles. The highest BCUT2D eigenvalue weighted by Crippen LogP contribution is 2.57. The van der Waals surface area contributed by atoms with Crippen molar-refractivity contribution in [3.8, 4) is 77.9 Å². The van der Waals surface area contributed by atoms with Crippen LogP contribution in [0.2, 0.25) is 0 Å². The van der Waals surface area contributed by atoms with Gasteiger partial charge in [0.25, 0.3) is 0 Å². The van der Waals surface area contributed by atoms with Gasteiger partial charge >= 0.3 is 0 Å². The van der Waals surface area contributed by atoms with Gasteiger partial charge in [-0.1, -0.05) is 231 Å². The quantitative estimate of drug-likeness (QED) is 0.152. The first-order valence-electron chi connectivity index (χ1n) is 25.8. The molecule has 0 N–H and O–H groups in total. The van der Waals surface area contributed by atoms with Crippen molar-refractivity contribution in [1.82, 2.24) is 0 Å². The second-order valence-corrected chi connectivity index (χ2v) is 19.9. The van der Waals surface area contributed by atoms with Gasteiger partial charge in [0.05, 0.1) is 5.41 Å². The molecule has 2 nitrogen and oxygen atoms in total. The Morgan fingerprint density at radius 3 is 0.920 bits per heavy atom. The van der Waals surface area contributed by atoms with Gasteiger partial charge in [0.2, 0.25) is 0 Å². The third-order valence-electron chi connectivity index (χ3n) is 15.8. The first-order chi connectivity index (χ1) is 37.2. The Balaban J connectivity index is 0.897. The molecule has 14 aromatic rings. The summed E-state index contributed by atoms with van der Waals surface area (Å²) >= 11 is 0. The van der Waals surface area contributed by atoms with Gasteiger partial charge in [-0.25, -0.2) is 0 Å². The van der Waals surface area contributed by atoms with Crippen LogP contribution < -0.4 is 0 Å². The van der Waals surface area contributed by atoms with Crippen LogP contribution in [0, 0.1) is 0 Å². The summed E-state index contributed by atoms with van der Waals surface area (Å²) in [6.07, 6.45) is 0. The molecular weight excluding hydrogens is 909 g/mol. The SMILES string of the molecule is c1ccc(-c2ccc3oc4c(-c5ccc(C6(c7ccc(-c8cc(-c9ccccc9)cc9c8oc8ccc(-c%10ccccc%10)cc89)cc7)c7ccccc7-c7ccccc76)cc5)cc(-c5ccccc5)cc4c3c2)cc1. The lowest BCUT2D eigenvalue weighted by atomic mass is 9.67. The van der Waals surface area contributed by atoms with Gasteiger partial charge in [-0.2, -0.15) is 0 Å². The van der Waals surface area contributed by atoms with Crippen LogP contribution in [0.25, 0.3) is 122 Å². The maximum Gasteiger partial charge on any atom is 0.143 e. The van der Waals surface area contributed by atoms with Crippen molar-refractivity contribution < 1.29 is 8.83 Å². The molecule has 1 aliphatic carbocycles. The average molecular weight is 955 g/mol. The molecular formula is C73H46O2. The molecule has 0 fully saturated rings. The third kappa shape index (κ3) is 6.88. The van der Waals surface area contributed by atoms with Crippen molar-refractivity contribution in [1.29, 1.82) is 0 Å². The first kappa shape index (κ1) is 42.9. The van der Waals surface area contributed by atoms with Crippen LogP contribution in [0.4, 0.5) is 0 Å². The molecule has 15 rings (SSSR count). The minimum absolute atomic E-state index is 0.604. The fourth-order valence-electron chi connectivity index (χ4n) is 12.2. The van der Waals surface area contributed by atoms with Crippen molar-refractivity contribution in [2.45, 2.75) is 5.41 Å². The Bertz CT molecular complexity index is 4180. The second kappa shape index (κ2) is 17.2. The van der Waals surface area contributed by atoms with E-state index in [0.717, 1.165) is 88.4 Å². The van der Waals surface area contributed by atoms with E-state index in [4.69, 9.17) is 8.83 Å². The van der Waals surface area contributed by atoms with Gasteiger partial charge in [0.15, 0.2) is 0 Å². The van der Waals surface area contributed by atoms with Crippen LogP contribution in [0.1, 0.15) is 22.3 Å². The smallest absolute Gasteiger partial charge is 0.143 e. The summed E-state index contributed by atoms with van der Waals surface area (Å²) in [7, 11) is 0. The van der Waals surface area contributed by atoms with Gasteiger partial charge in [-0.3, -0.25) is 0 Å². The maximum absolute atomic E-state index is 6.87. The van der Waals surface area contributed by atoms with E-state index in [1.54, 1.807) is 0 Å². The van der Waals surface area contributed by atoms with Gasteiger partial charge < -0.3 is 8.83 Å². The summed E-state index contributed by atoms with van der Waals surface area (Å²) in [4.78, 5) is 0. The Hall–Kier alpha value is -9.76. The number of furan rings is 2. The molecule has 2 aromatic heterocycles. The zero-order valence-electron chi connectivity index (χ0n) is 40.9. The highest BCUT2D eigenvalue weighted by atomic mass is 16.3. The normalized spacial score (nSPS) is 12.6. The molecule has 0 bridgehead atoms. The van der Waals surface area contributed by atoms with Crippen LogP contribution >= 0.6 is 0 Å². The average Bonchev–Trinajstić information content (AvgIpc) is 4.20. The van der Waals surface area contributed by atoms with E-state index >= 15 is 0 Å². The number of rotatable bonds is 8. The van der Waals surface area contributed by atoms with E-state index in [1.807, 2.05) is 0 Å². The Morgan fingerprint density at radius 2 is 0.533 bits per heavy atom. The fraction of sp³-hybridized carbons (Fsp3) is 0.0137. The number of hydrogen-bond donors (Lipinski definition) is 0. The number of benzene rings is 12. The van der Waals surface area contributed by atoms with Crippen LogP contribution in [-0.4, -0.2) is 0 Å². The Kier molecular flexibility index (Phi) is 9.83. The molecule has 350 valence electrons. The van der Waals surface area contributed by atoms with Gasteiger partial charge in [0, 0.05) is 32.7 Å². The van der Waals surface area contributed by atoms with Crippen molar-refractivity contribution in [3.05, 3.63) is 301 Å². The van der Waals surface area contributed by atoms with Gasteiger partial charge in [-0.15, -0.1) is 0 Å². The molecule has 12 aromatic carbocycles. The zero-order valence-corrected chi connectivity index (χ0v) is 40.9. The lowest BCUT2D eigenvalue weighted by Gasteiger charge is -2.34. The van der Waals surface area contributed by atoms with Crippen LogP contribution in [0.3, 0.4) is 0 Å². The predicted molar refractivity (Wildman–Crippen MR) is 311 cm³/mol. The summed E-state index contributed by atoms with van der Waals surface area (Å²) < 4.78 is 13.7. The zero-order chi connectivity index (χ0) is 49.5. The Morgan fingerprint density at radius 1 is 0.213 bits per heavy atom. The molecule has 1 aliphatic rings. The highest BCUT2D eigenvalue weighted by molar-refractivity contribution is 6.14. The maximum atomic E-state index is 6.87. The van der Waals surface area contributed by atoms with Crippen LogP contribution in [0.15, 0.2) is 288 Å². The lowest BCUT2D eigenvalue weighted by molar-refractivity contribution is 0.669. The van der Waals surface area contributed by atoms with Crippen molar-refractivity contribution in [2.75, 3.05) is 0 Å². The molecule has 0 radical (unpaired) electrons. The van der Waals surface area contributed by atoms with E-state index < -0.39 is 5.41 Å². The predicted octanol–water partition coefficient (Wildman–Crippen LogP) is 19.9. The van der Waals surface area contributed by atoms with E-state index in [1.165, 1.54) is 55.6 Å². The Labute approximate surface area is 435 Å². The van der Waals surface area contributed by atoms with Gasteiger partial charge in [0.1, 0.15) is 22.3 Å². The summed E-state index contributed by atoms with van der Waals surface area (Å²) in [5, 5.41) is 4.41. The summed E-state index contributed by atoms with van der Waals surface area (Å²) in [5.41, 5.74) is 24.0. The minimum atomic E-state index is -0.604. The highest BCUT2D eigenvalue weighted by Gasteiger charge is 2.46. The summed E-state index contributed by atoms with van der Waals surface area (Å²) in [6, 6.07) is 101. The van der Waals surface area contributed by atoms with Crippen LogP contribution in [0.5, 0.6) is 0 Å². The van der Waals surface area contributed by atoms with Crippen molar-refractivity contribution in [3.63, 3.8) is 0 Å². The van der Waals surface area contributed by atoms with Gasteiger partial charge in [-0.05, 0) is 138 Å². The number of fused-ring (bicyclic) bond motifs is 9. The molecule has 0 atom stereocenters. The van der Waals surface area contributed by atoms with E-state index in [-0.39, 0.29) is 0 Å². The fourth-order valence-corrected chi connectivity index (χ4v) is 12.2. The molecule has 0 saturated heterocycles. The second-order valence-electron chi connectivity index (χ2n) is 19.9. The molecule has 75 heavy (non-hydrogen) atoms. The molecule has 2 heterocycles. The molecule has 0 spiro atoms.